The molecule has 3 aliphatic rings. The second-order valence-electron chi connectivity index (χ2n) is 9.71. The van der Waals surface area contributed by atoms with Crippen LogP contribution in [0.2, 0.25) is 0 Å². The number of sulfonamides is 1. The van der Waals surface area contributed by atoms with Crippen molar-refractivity contribution in [3.8, 4) is 5.75 Å². The minimum atomic E-state index is -4.91. The predicted octanol–water partition coefficient (Wildman–Crippen LogP) is 3.41. The number of fused-ring (bicyclic) bond motifs is 3. The Balaban J connectivity index is 1.66. The van der Waals surface area contributed by atoms with E-state index in [4.69, 9.17) is 4.74 Å². The monoisotopic (exact) mass is 567 g/mol. The van der Waals surface area contributed by atoms with Gasteiger partial charge in [0, 0.05) is 6.04 Å². The standard InChI is InChI=1S/C23H22F5NO6S2/c24-17-7-8-18(25)20-19(17)22(36(31,32)15-3-1-13(2-4-15)23(26,27)28)10-9-14(11-21(22,30)12-35-20)29-37(33,34)16-5-6-16/h1-4,7-8,14,16,29-30H,5-6,9-12H2/t14-,21+,22-/m1/s1. The summed E-state index contributed by atoms with van der Waals surface area (Å²) >= 11 is 0. The second kappa shape index (κ2) is 8.35. The van der Waals surface area contributed by atoms with Gasteiger partial charge in [0.2, 0.25) is 10.0 Å². The Bertz CT molecular complexity index is 1460. The molecule has 2 aromatic carbocycles. The maximum absolute atomic E-state index is 15.3. The molecule has 7 nitrogen and oxygen atoms in total. The number of alkyl halides is 3. The Hall–Kier alpha value is -2.29. The van der Waals surface area contributed by atoms with Crippen LogP contribution in [-0.4, -0.2) is 45.4 Å². The molecule has 37 heavy (non-hydrogen) atoms. The lowest BCUT2D eigenvalue weighted by Gasteiger charge is -2.54. The average molecular weight is 568 g/mol. The number of rotatable bonds is 5. The molecule has 2 aromatic rings. The third-order valence-corrected chi connectivity index (χ3v) is 12.0. The molecule has 0 unspecified atom stereocenters. The molecule has 0 aromatic heterocycles. The average Bonchev–Trinajstić information content (AvgIpc) is 3.66. The normalized spacial score (nSPS) is 28.2. The van der Waals surface area contributed by atoms with E-state index in [1.54, 1.807) is 0 Å². The summed E-state index contributed by atoms with van der Waals surface area (Å²) in [6, 6.07) is 2.94. The molecule has 1 aliphatic heterocycles. The Morgan fingerprint density at radius 3 is 2.16 bits per heavy atom. The molecule has 5 rings (SSSR count). The lowest BCUT2D eigenvalue weighted by Crippen LogP contribution is -2.67. The maximum atomic E-state index is 15.3. The number of halogens is 5. The third kappa shape index (κ3) is 4.03. The van der Waals surface area contributed by atoms with Crippen molar-refractivity contribution in [2.45, 2.75) is 64.8 Å². The quantitative estimate of drug-likeness (QED) is 0.536. The summed E-state index contributed by atoms with van der Waals surface area (Å²) in [5.41, 5.74) is -4.35. The van der Waals surface area contributed by atoms with Crippen LogP contribution in [0.4, 0.5) is 22.0 Å². The van der Waals surface area contributed by atoms with Crippen molar-refractivity contribution in [1.82, 2.24) is 4.72 Å². The van der Waals surface area contributed by atoms with Crippen LogP contribution in [0.5, 0.6) is 5.75 Å². The van der Waals surface area contributed by atoms with Gasteiger partial charge in [-0.15, -0.1) is 0 Å². The number of hydrogen-bond donors (Lipinski definition) is 2. The third-order valence-electron chi connectivity index (χ3n) is 7.34. The molecule has 14 heteroatoms. The molecule has 2 saturated carbocycles. The van der Waals surface area contributed by atoms with Crippen molar-refractivity contribution < 1.29 is 48.6 Å². The van der Waals surface area contributed by atoms with Gasteiger partial charge < -0.3 is 9.84 Å². The van der Waals surface area contributed by atoms with E-state index < -0.39 is 101 Å². The van der Waals surface area contributed by atoms with Crippen LogP contribution in [0, 0.1) is 11.6 Å². The summed E-state index contributed by atoms with van der Waals surface area (Å²) in [5, 5.41) is 11.2. The minimum Gasteiger partial charge on any atom is -0.487 e. The van der Waals surface area contributed by atoms with Crippen LogP contribution in [-0.2, 0) is 30.8 Å². The topological polar surface area (TPSA) is 110 Å². The summed E-state index contributed by atoms with van der Waals surface area (Å²) < 4.78 is 128. The van der Waals surface area contributed by atoms with Crippen molar-refractivity contribution in [3.05, 3.63) is 59.2 Å². The highest BCUT2D eigenvalue weighted by molar-refractivity contribution is 7.92. The van der Waals surface area contributed by atoms with Gasteiger partial charge in [-0.1, -0.05) is 0 Å². The summed E-state index contributed by atoms with van der Waals surface area (Å²) in [6.07, 6.45) is -5.09. The number of ether oxygens (including phenoxy) is 1. The highest BCUT2D eigenvalue weighted by Crippen LogP contribution is 2.58. The number of benzene rings is 2. The number of aliphatic hydroxyl groups is 1. The van der Waals surface area contributed by atoms with E-state index in [1.165, 1.54) is 0 Å². The first-order valence-electron chi connectivity index (χ1n) is 11.4. The SMILES string of the molecule is O=S(=O)(N[C@@H]1CC[C@@]2(S(=O)(=O)c3ccc(C(F)(F)F)cc3)c3c(F)ccc(F)c3OC[C@@]2(O)C1)C1CC1. The van der Waals surface area contributed by atoms with Crippen LogP contribution in [0.25, 0.3) is 0 Å². The van der Waals surface area contributed by atoms with Gasteiger partial charge in [0.05, 0.1) is 21.3 Å². The van der Waals surface area contributed by atoms with Gasteiger partial charge in [0.1, 0.15) is 22.8 Å². The molecular weight excluding hydrogens is 545 g/mol. The molecule has 0 saturated heterocycles. The van der Waals surface area contributed by atoms with Crippen LogP contribution in [0.1, 0.15) is 43.2 Å². The molecule has 2 N–H and O–H groups in total. The van der Waals surface area contributed by atoms with E-state index in [2.05, 4.69) is 4.72 Å². The van der Waals surface area contributed by atoms with E-state index in [1.807, 2.05) is 0 Å². The molecule has 3 atom stereocenters. The van der Waals surface area contributed by atoms with Crippen molar-refractivity contribution in [1.29, 1.82) is 0 Å². The summed E-state index contributed by atoms with van der Waals surface area (Å²) in [4.78, 5) is -0.646. The van der Waals surface area contributed by atoms with Gasteiger partial charge >= 0.3 is 6.18 Å². The molecule has 2 aliphatic carbocycles. The Kier molecular flexibility index (Phi) is 5.94. The first-order chi connectivity index (χ1) is 17.1. The van der Waals surface area contributed by atoms with Gasteiger partial charge in [-0.05, 0) is 68.5 Å². The van der Waals surface area contributed by atoms with Crippen molar-refractivity contribution in [2.24, 2.45) is 0 Å². The highest BCUT2D eigenvalue weighted by Gasteiger charge is 2.68. The van der Waals surface area contributed by atoms with Crippen LogP contribution >= 0.6 is 0 Å². The molecule has 0 spiro atoms. The van der Waals surface area contributed by atoms with E-state index >= 15 is 4.39 Å². The zero-order chi connectivity index (χ0) is 27.0. The van der Waals surface area contributed by atoms with Crippen LogP contribution in [0.3, 0.4) is 0 Å². The van der Waals surface area contributed by atoms with Crippen molar-refractivity contribution in [2.75, 3.05) is 6.61 Å². The predicted molar refractivity (Wildman–Crippen MR) is 120 cm³/mol. The molecule has 1 heterocycles. The van der Waals surface area contributed by atoms with Crippen molar-refractivity contribution >= 4 is 19.9 Å². The first kappa shape index (κ1) is 26.3. The Morgan fingerprint density at radius 1 is 0.946 bits per heavy atom. The largest absolute Gasteiger partial charge is 0.487 e. The lowest BCUT2D eigenvalue weighted by molar-refractivity contribution is -0.137. The number of nitrogens with one attached hydrogen (secondary N) is 1. The fraction of sp³-hybridized carbons (Fsp3) is 0.478. The zero-order valence-electron chi connectivity index (χ0n) is 19.1. The van der Waals surface area contributed by atoms with Gasteiger partial charge in [0.15, 0.2) is 21.4 Å². The molecule has 0 radical (unpaired) electrons. The Labute approximate surface area is 209 Å². The summed E-state index contributed by atoms with van der Waals surface area (Å²) in [7, 11) is -8.65. The zero-order valence-corrected chi connectivity index (χ0v) is 20.7. The summed E-state index contributed by atoms with van der Waals surface area (Å²) in [5.74, 6) is -3.00. The number of hydrogen-bond acceptors (Lipinski definition) is 6. The lowest BCUT2D eigenvalue weighted by atomic mass is 9.68. The van der Waals surface area contributed by atoms with Gasteiger partial charge in [-0.25, -0.2) is 30.3 Å². The fourth-order valence-electron chi connectivity index (χ4n) is 5.41. The van der Waals surface area contributed by atoms with Gasteiger partial charge in [-0.3, -0.25) is 0 Å². The maximum Gasteiger partial charge on any atom is 0.416 e. The summed E-state index contributed by atoms with van der Waals surface area (Å²) in [6.45, 7) is -0.818. The van der Waals surface area contributed by atoms with Gasteiger partial charge in [0.25, 0.3) is 0 Å². The molecule has 0 amide bonds. The van der Waals surface area contributed by atoms with Crippen LogP contribution < -0.4 is 9.46 Å². The molecular formula is C23H22F5NO6S2. The van der Waals surface area contributed by atoms with E-state index in [9.17, 15) is 39.5 Å². The first-order valence-corrected chi connectivity index (χ1v) is 14.4. The van der Waals surface area contributed by atoms with Crippen molar-refractivity contribution in [3.63, 3.8) is 0 Å². The number of sulfone groups is 1. The smallest absolute Gasteiger partial charge is 0.416 e. The van der Waals surface area contributed by atoms with Crippen LogP contribution in [0.15, 0.2) is 41.3 Å². The molecule has 2 fully saturated rings. The van der Waals surface area contributed by atoms with E-state index in [0.29, 0.717) is 43.2 Å². The van der Waals surface area contributed by atoms with E-state index in [-0.39, 0.29) is 6.42 Å². The minimum absolute atomic E-state index is 0.177. The second-order valence-corrected chi connectivity index (χ2v) is 13.9. The fourth-order valence-corrected chi connectivity index (χ4v) is 9.41. The Morgan fingerprint density at radius 2 is 1.57 bits per heavy atom. The molecule has 202 valence electrons. The van der Waals surface area contributed by atoms with Gasteiger partial charge in [-0.2, -0.15) is 13.2 Å². The molecule has 0 bridgehead atoms. The van der Waals surface area contributed by atoms with E-state index in [0.717, 1.165) is 6.07 Å². The highest BCUT2D eigenvalue weighted by atomic mass is 32.2.